The molecule has 1 spiro atoms. The van der Waals surface area contributed by atoms with E-state index in [9.17, 15) is 31.1 Å². The average molecular weight is 509 g/mol. The molecule has 1 aromatic carbocycles. The number of aromatic nitrogens is 1. The predicted molar refractivity (Wildman–Crippen MR) is 112 cm³/mol. The number of pyridine rings is 1. The number of piperidine rings is 1. The summed E-state index contributed by atoms with van der Waals surface area (Å²) in [7, 11) is 0. The number of urea groups is 1. The van der Waals surface area contributed by atoms with Crippen LogP contribution in [0.2, 0.25) is 5.02 Å². The van der Waals surface area contributed by atoms with Gasteiger partial charge in [-0.3, -0.25) is 4.90 Å². The monoisotopic (exact) mass is 508 g/mol. The Morgan fingerprint density at radius 3 is 2.18 bits per heavy atom. The summed E-state index contributed by atoms with van der Waals surface area (Å²) in [6.45, 7) is 1.20. The molecule has 13 heteroatoms. The van der Waals surface area contributed by atoms with Gasteiger partial charge in [-0.15, -0.1) is 0 Å². The Morgan fingerprint density at radius 2 is 1.62 bits per heavy atom. The number of carbonyl (C=O) groups excluding carboxylic acids is 1. The van der Waals surface area contributed by atoms with Crippen molar-refractivity contribution < 1.29 is 35.9 Å². The van der Waals surface area contributed by atoms with Crippen LogP contribution in [0.25, 0.3) is 0 Å². The summed E-state index contributed by atoms with van der Waals surface area (Å²) in [5.41, 5.74) is -2.50. The van der Waals surface area contributed by atoms with E-state index in [1.807, 2.05) is 0 Å². The van der Waals surface area contributed by atoms with Gasteiger partial charge >= 0.3 is 18.4 Å². The van der Waals surface area contributed by atoms with E-state index in [2.05, 4.69) is 10.3 Å². The molecule has 0 atom stereocenters. The standard InChI is InChI=1S/C21H19ClF6N4O2/c22-16-11-14(21(26,27)28)12-29-17(16)31-7-5-19(6-8-31)32(9-10-34-19)18(33)30-15-3-1-13(2-4-15)20(23,24)25/h1-4,11-12H,5-10H2,(H,30,33). The third kappa shape index (κ3) is 4.88. The molecular weight excluding hydrogens is 490 g/mol. The maximum absolute atomic E-state index is 12.9. The number of hydrogen-bond acceptors (Lipinski definition) is 4. The minimum atomic E-state index is -4.56. The molecule has 1 aromatic heterocycles. The molecule has 2 aromatic rings. The molecule has 34 heavy (non-hydrogen) atoms. The first kappa shape index (κ1) is 24.4. The van der Waals surface area contributed by atoms with Crippen LogP contribution in [0.1, 0.15) is 24.0 Å². The van der Waals surface area contributed by atoms with E-state index in [-0.39, 0.29) is 29.7 Å². The molecule has 0 unspecified atom stereocenters. The number of nitrogens with zero attached hydrogens (tertiary/aromatic N) is 3. The summed E-state index contributed by atoms with van der Waals surface area (Å²) in [6.07, 6.45) is -7.63. The van der Waals surface area contributed by atoms with Crippen LogP contribution in [-0.2, 0) is 17.1 Å². The van der Waals surface area contributed by atoms with E-state index in [4.69, 9.17) is 16.3 Å². The van der Waals surface area contributed by atoms with E-state index in [0.717, 1.165) is 24.4 Å². The highest BCUT2D eigenvalue weighted by Gasteiger charge is 2.47. The van der Waals surface area contributed by atoms with E-state index < -0.39 is 35.2 Å². The number of rotatable bonds is 2. The number of anilines is 2. The number of nitrogens with one attached hydrogen (secondary N) is 1. The number of hydrogen-bond donors (Lipinski definition) is 1. The minimum absolute atomic E-state index is 0.130. The second kappa shape index (κ2) is 8.81. The quantitative estimate of drug-likeness (QED) is 0.534. The number of ether oxygens (including phenoxy) is 1. The van der Waals surface area contributed by atoms with Crippen molar-refractivity contribution in [3.05, 3.63) is 52.7 Å². The third-order valence-electron chi connectivity index (χ3n) is 5.88. The fourth-order valence-corrected chi connectivity index (χ4v) is 4.42. The molecule has 0 bridgehead atoms. The van der Waals surface area contributed by atoms with Gasteiger partial charge in [0.15, 0.2) is 0 Å². The van der Waals surface area contributed by atoms with Gasteiger partial charge in [0.05, 0.1) is 22.8 Å². The number of benzene rings is 1. The zero-order chi connectivity index (χ0) is 24.7. The largest absolute Gasteiger partial charge is 0.417 e. The van der Waals surface area contributed by atoms with Crippen molar-refractivity contribution in [3.8, 4) is 0 Å². The normalized spacial score (nSPS) is 18.4. The highest BCUT2D eigenvalue weighted by molar-refractivity contribution is 6.33. The van der Waals surface area contributed by atoms with Crippen LogP contribution in [0.3, 0.4) is 0 Å². The van der Waals surface area contributed by atoms with Crippen molar-refractivity contribution in [2.24, 2.45) is 0 Å². The molecule has 4 rings (SSSR count). The van der Waals surface area contributed by atoms with E-state index in [1.54, 1.807) is 4.90 Å². The molecule has 184 valence electrons. The average Bonchev–Trinajstić information content (AvgIpc) is 3.17. The Morgan fingerprint density at radius 1 is 1.00 bits per heavy atom. The van der Waals surface area contributed by atoms with Crippen LogP contribution in [0.15, 0.2) is 36.5 Å². The molecule has 2 aliphatic rings. The van der Waals surface area contributed by atoms with Gasteiger partial charge in [-0.1, -0.05) is 11.6 Å². The van der Waals surface area contributed by atoms with Crippen molar-refractivity contribution >= 4 is 29.1 Å². The van der Waals surface area contributed by atoms with Gasteiger partial charge in [-0.2, -0.15) is 26.3 Å². The fourth-order valence-electron chi connectivity index (χ4n) is 4.13. The van der Waals surface area contributed by atoms with Gasteiger partial charge in [0.25, 0.3) is 0 Å². The van der Waals surface area contributed by atoms with E-state index in [1.165, 1.54) is 17.0 Å². The molecule has 2 saturated heterocycles. The molecule has 2 aliphatic heterocycles. The number of halogens is 7. The smallest absolute Gasteiger partial charge is 0.355 e. The van der Waals surface area contributed by atoms with Crippen LogP contribution in [-0.4, -0.2) is 47.9 Å². The zero-order valence-electron chi connectivity index (χ0n) is 17.5. The van der Waals surface area contributed by atoms with Gasteiger partial charge in [0, 0.05) is 44.4 Å². The van der Waals surface area contributed by atoms with Gasteiger partial charge in [-0.25, -0.2) is 9.78 Å². The lowest BCUT2D eigenvalue weighted by Crippen LogP contribution is -2.56. The van der Waals surface area contributed by atoms with Gasteiger partial charge in [-0.05, 0) is 30.3 Å². The Hall–Kier alpha value is -2.73. The van der Waals surface area contributed by atoms with E-state index in [0.29, 0.717) is 25.9 Å². The number of carbonyl (C=O) groups is 1. The molecule has 0 aliphatic carbocycles. The first-order valence-corrected chi connectivity index (χ1v) is 10.6. The lowest BCUT2D eigenvalue weighted by molar-refractivity contribution is -0.138. The Bertz CT molecular complexity index is 1050. The molecule has 2 fully saturated rings. The first-order valence-electron chi connectivity index (χ1n) is 10.3. The Kier molecular flexibility index (Phi) is 6.32. The third-order valence-corrected chi connectivity index (χ3v) is 6.16. The molecular formula is C21H19ClF6N4O2. The molecule has 6 nitrogen and oxygen atoms in total. The highest BCUT2D eigenvalue weighted by Crippen LogP contribution is 2.39. The summed E-state index contributed by atoms with van der Waals surface area (Å²) >= 11 is 6.05. The molecule has 1 N–H and O–H groups in total. The Labute approximate surface area is 195 Å². The van der Waals surface area contributed by atoms with Crippen LogP contribution in [0.5, 0.6) is 0 Å². The van der Waals surface area contributed by atoms with Crippen molar-refractivity contribution in [2.75, 3.05) is 36.5 Å². The second-order valence-corrected chi connectivity index (χ2v) is 8.37. The summed E-state index contributed by atoms with van der Waals surface area (Å²) in [4.78, 5) is 20.0. The van der Waals surface area contributed by atoms with Gasteiger partial charge in [0.1, 0.15) is 11.5 Å². The van der Waals surface area contributed by atoms with Crippen molar-refractivity contribution in [3.63, 3.8) is 0 Å². The first-order chi connectivity index (χ1) is 15.9. The molecule has 0 radical (unpaired) electrons. The maximum atomic E-state index is 12.9. The van der Waals surface area contributed by atoms with Crippen molar-refractivity contribution in [2.45, 2.75) is 30.9 Å². The lowest BCUT2D eigenvalue weighted by atomic mass is 9.99. The van der Waals surface area contributed by atoms with Crippen LogP contribution in [0, 0.1) is 0 Å². The van der Waals surface area contributed by atoms with Crippen LogP contribution < -0.4 is 10.2 Å². The van der Waals surface area contributed by atoms with Crippen LogP contribution in [0.4, 0.5) is 42.6 Å². The Balaban J connectivity index is 1.42. The topological polar surface area (TPSA) is 57.7 Å². The molecule has 0 saturated carbocycles. The van der Waals surface area contributed by atoms with Gasteiger partial charge in [0.2, 0.25) is 0 Å². The predicted octanol–water partition coefficient (Wildman–Crippen LogP) is 5.63. The lowest BCUT2D eigenvalue weighted by Gasteiger charge is -2.43. The number of alkyl halides is 6. The summed E-state index contributed by atoms with van der Waals surface area (Å²) < 4.78 is 82.7. The van der Waals surface area contributed by atoms with E-state index >= 15 is 0 Å². The van der Waals surface area contributed by atoms with Crippen molar-refractivity contribution in [1.29, 1.82) is 0 Å². The fraction of sp³-hybridized carbons (Fsp3) is 0.429. The molecule has 3 heterocycles. The molecule has 2 amide bonds. The zero-order valence-corrected chi connectivity index (χ0v) is 18.3. The maximum Gasteiger partial charge on any atom is 0.417 e. The SMILES string of the molecule is O=C(Nc1ccc(C(F)(F)F)cc1)N1CCOC12CCN(c1ncc(C(F)(F)F)cc1Cl)CC2. The van der Waals surface area contributed by atoms with Crippen LogP contribution >= 0.6 is 11.6 Å². The second-order valence-electron chi connectivity index (χ2n) is 7.97. The summed E-state index contributed by atoms with van der Waals surface area (Å²) in [6, 6.07) is 4.41. The van der Waals surface area contributed by atoms with Gasteiger partial charge < -0.3 is 15.0 Å². The number of amides is 2. The summed E-state index contributed by atoms with van der Waals surface area (Å²) in [5.74, 6) is 0.211. The highest BCUT2D eigenvalue weighted by atomic mass is 35.5. The summed E-state index contributed by atoms with van der Waals surface area (Å²) in [5, 5.41) is 2.46. The van der Waals surface area contributed by atoms with Crippen molar-refractivity contribution in [1.82, 2.24) is 9.88 Å². The minimum Gasteiger partial charge on any atom is -0.355 e.